The van der Waals surface area contributed by atoms with Gasteiger partial charge in [-0.05, 0) is 57.3 Å². The fraction of sp³-hybridized carbons (Fsp3) is 0.393. The van der Waals surface area contributed by atoms with Crippen LogP contribution in [-0.4, -0.2) is 89.3 Å². The topological polar surface area (TPSA) is 107 Å². The maximum absolute atomic E-state index is 5.58. The van der Waals surface area contributed by atoms with E-state index in [0.717, 1.165) is 54.4 Å². The second-order valence-electron chi connectivity index (χ2n) is 10.1. The van der Waals surface area contributed by atoms with E-state index in [2.05, 4.69) is 60.4 Å². The third kappa shape index (κ3) is 5.84. The molecule has 0 bridgehead atoms. The zero-order valence-corrected chi connectivity index (χ0v) is 22.4. The van der Waals surface area contributed by atoms with E-state index in [9.17, 15) is 0 Å². The van der Waals surface area contributed by atoms with Gasteiger partial charge < -0.3 is 30.1 Å². The van der Waals surface area contributed by atoms with Crippen LogP contribution in [0, 0.1) is 0 Å². The van der Waals surface area contributed by atoms with Crippen molar-refractivity contribution in [3.8, 4) is 0 Å². The minimum Gasteiger partial charge on any atom is -0.378 e. The summed E-state index contributed by atoms with van der Waals surface area (Å²) in [6, 6.07) is 12.5. The molecule has 4 aromatic heterocycles. The molecular weight excluding hydrogens is 492 g/mol. The van der Waals surface area contributed by atoms with Gasteiger partial charge in [-0.25, -0.2) is 19.9 Å². The third-order valence-corrected chi connectivity index (χ3v) is 7.34. The number of aromatic nitrogens is 5. The van der Waals surface area contributed by atoms with Crippen molar-refractivity contribution in [1.29, 1.82) is 0 Å². The molecule has 6 rings (SSSR count). The fourth-order valence-corrected chi connectivity index (χ4v) is 5.13. The first kappa shape index (κ1) is 25.2. The van der Waals surface area contributed by atoms with Gasteiger partial charge in [-0.15, -0.1) is 0 Å². The number of pyridine rings is 3. The Morgan fingerprint density at radius 3 is 2.33 bits per heavy atom. The predicted octanol–water partition coefficient (Wildman–Crippen LogP) is 3.67. The summed E-state index contributed by atoms with van der Waals surface area (Å²) in [6.07, 6.45) is 7.79. The van der Waals surface area contributed by atoms with E-state index in [4.69, 9.17) is 14.7 Å². The molecular formula is C28H34N10O. The molecule has 0 unspecified atom stereocenters. The molecule has 202 valence electrons. The Kier molecular flexibility index (Phi) is 7.33. The Labute approximate surface area is 228 Å². The largest absolute Gasteiger partial charge is 0.378 e. The molecule has 0 atom stereocenters. The van der Waals surface area contributed by atoms with Crippen LogP contribution in [0.25, 0.3) is 10.9 Å². The van der Waals surface area contributed by atoms with Crippen LogP contribution in [0.2, 0.25) is 0 Å². The molecule has 6 heterocycles. The summed E-state index contributed by atoms with van der Waals surface area (Å²) in [6.45, 7) is 4.93. The molecule has 4 aromatic rings. The number of nitrogens with one attached hydrogen (secondary N) is 2. The molecule has 11 heteroatoms. The fourth-order valence-electron chi connectivity index (χ4n) is 5.13. The summed E-state index contributed by atoms with van der Waals surface area (Å²) in [5.74, 6) is 3.45. The van der Waals surface area contributed by atoms with Crippen molar-refractivity contribution in [3.05, 3.63) is 55.0 Å². The highest BCUT2D eigenvalue weighted by Gasteiger charge is 2.21. The Balaban J connectivity index is 1.23. The Morgan fingerprint density at radius 1 is 0.821 bits per heavy atom. The highest BCUT2D eigenvalue weighted by atomic mass is 16.5. The Morgan fingerprint density at radius 2 is 1.62 bits per heavy atom. The minimum atomic E-state index is 0.483. The normalized spacial score (nSPS) is 16.6. The summed E-state index contributed by atoms with van der Waals surface area (Å²) in [5, 5.41) is 7.50. The van der Waals surface area contributed by atoms with Gasteiger partial charge in [0.05, 0.1) is 36.8 Å². The average molecular weight is 527 g/mol. The summed E-state index contributed by atoms with van der Waals surface area (Å²) >= 11 is 0. The number of morpholine rings is 1. The van der Waals surface area contributed by atoms with E-state index < -0.39 is 0 Å². The lowest BCUT2D eigenvalue weighted by Gasteiger charge is -2.36. The monoisotopic (exact) mass is 526 g/mol. The van der Waals surface area contributed by atoms with Crippen LogP contribution in [0.5, 0.6) is 0 Å². The lowest BCUT2D eigenvalue weighted by molar-refractivity contribution is 0.122. The third-order valence-electron chi connectivity index (χ3n) is 7.34. The molecule has 0 radical (unpaired) electrons. The first-order valence-corrected chi connectivity index (χ1v) is 13.5. The zero-order chi connectivity index (χ0) is 26.6. The van der Waals surface area contributed by atoms with Crippen LogP contribution < -0.4 is 20.4 Å². The van der Waals surface area contributed by atoms with Crippen LogP contribution in [0.4, 0.5) is 34.9 Å². The summed E-state index contributed by atoms with van der Waals surface area (Å²) in [4.78, 5) is 30.2. The van der Waals surface area contributed by atoms with E-state index in [-0.39, 0.29) is 0 Å². The molecule has 2 aliphatic rings. The van der Waals surface area contributed by atoms with E-state index in [1.807, 2.05) is 36.5 Å². The number of hydrogen-bond acceptors (Lipinski definition) is 11. The number of hydrogen-bond donors (Lipinski definition) is 2. The number of nitrogens with zero attached hydrogens (tertiary/aromatic N) is 8. The maximum Gasteiger partial charge on any atom is 0.230 e. The van der Waals surface area contributed by atoms with Gasteiger partial charge in [0.2, 0.25) is 5.95 Å². The standard InChI is InChI=1S/C28H34N10O/c1-36(2)20-8-11-37(12-9-20)21-6-7-25(30-18-21)33-26-17-22-23(19-31-26)32-28(34-24-5-3-4-10-29-24)35-27(22)38-13-15-39-16-14-38/h3-7,10,17-20H,8-9,11-16H2,1-2H3,(H,30,31,33)(H,29,32,34,35). The summed E-state index contributed by atoms with van der Waals surface area (Å²) in [7, 11) is 4.33. The van der Waals surface area contributed by atoms with Crippen molar-refractivity contribution in [2.45, 2.75) is 18.9 Å². The number of rotatable bonds is 7. The average Bonchev–Trinajstić information content (AvgIpc) is 2.98. The molecule has 2 saturated heterocycles. The lowest BCUT2D eigenvalue weighted by atomic mass is 10.0. The Hall–Kier alpha value is -4.09. The smallest absolute Gasteiger partial charge is 0.230 e. The molecule has 0 spiro atoms. The second kappa shape index (κ2) is 11.3. The van der Waals surface area contributed by atoms with Gasteiger partial charge in [-0.1, -0.05) is 6.07 Å². The number of anilines is 6. The van der Waals surface area contributed by atoms with E-state index >= 15 is 0 Å². The molecule has 0 aromatic carbocycles. The van der Waals surface area contributed by atoms with Gasteiger partial charge >= 0.3 is 0 Å². The number of piperidine rings is 1. The summed E-state index contributed by atoms with van der Waals surface area (Å²) < 4.78 is 5.58. The van der Waals surface area contributed by atoms with Crippen molar-refractivity contribution < 1.29 is 4.74 Å². The molecule has 0 saturated carbocycles. The molecule has 2 fully saturated rings. The molecule has 11 nitrogen and oxygen atoms in total. The van der Waals surface area contributed by atoms with Crippen LogP contribution in [0.15, 0.2) is 55.0 Å². The van der Waals surface area contributed by atoms with Gasteiger partial charge in [0, 0.05) is 43.8 Å². The lowest BCUT2D eigenvalue weighted by Crippen LogP contribution is -2.42. The van der Waals surface area contributed by atoms with Crippen molar-refractivity contribution in [2.24, 2.45) is 0 Å². The van der Waals surface area contributed by atoms with E-state index in [1.54, 1.807) is 12.4 Å². The Bertz CT molecular complexity index is 1390. The molecule has 0 amide bonds. The van der Waals surface area contributed by atoms with Gasteiger partial charge in [-0.3, -0.25) is 0 Å². The van der Waals surface area contributed by atoms with Crippen molar-refractivity contribution in [1.82, 2.24) is 29.8 Å². The maximum atomic E-state index is 5.58. The van der Waals surface area contributed by atoms with E-state index in [1.165, 1.54) is 12.8 Å². The first-order chi connectivity index (χ1) is 19.1. The number of fused-ring (bicyclic) bond motifs is 1. The van der Waals surface area contributed by atoms with E-state index in [0.29, 0.717) is 36.8 Å². The molecule has 39 heavy (non-hydrogen) atoms. The molecule has 2 aliphatic heterocycles. The van der Waals surface area contributed by atoms with Gasteiger partial charge in [-0.2, -0.15) is 4.98 Å². The van der Waals surface area contributed by atoms with Gasteiger partial charge in [0.15, 0.2) is 0 Å². The second-order valence-corrected chi connectivity index (χ2v) is 10.1. The van der Waals surface area contributed by atoms with Gasteiger partial charge in [0.1, 0.15) is 23.3 Å². The van der Waals surface area contributed by atoms with Crippen molar-refractivity contribution in [2.75, 3.05) is 73.9 Å². The number of ether oxygens (including phenoxy) is 1. The van der Waals surface area contributed by atoms with Crippen LogP contribution >= 0.6 is 0 Å². The summed E-state index contributed by atoms with van der Waals surface area (Å²) in [5.41, 5.74) is 1.90. The van der Waals surface area contributed by atoms with Gasteiger partial charge in [0.25, 0.3) is 0 Å². The first-order valence-electron chi connectivity index (χ1n) is 13.5. The molecule has 0 aliphatic carbocycles. The quantitative estimate of drug-likeness (QED) is 0.368. The minimum absolute atomic E-state index is 0.483. The molecule has 2 N–H and O–H groups in total. The van der Waals surface area contributed by atoms with Crippen molar-refractivity contribution >= 4 is 45.8 Å². The zero-order valence-electron chi connectivity index (χ0n) is 22.4. The predicted molar refractivity (Wildman–Crippen MR) is 154 cm³/mol. The van der Waals surface area contributed by atoms with Crippen molar-refractivity contribution in [3.63, 3.8) is 0 Å². The van der Waals surface area contributed by atoms with Crippen LogP contribution in [0.1, 0.15) is 12.8 Å². The van der Waals surface area contributed by atoms with Crippen LogP contribution in [0.3, 0.4) is 0 Å². The van der Waals surface area contributed by atoms with Crippen LogP contribution in [-0.2, 0) is 4.74 Å². The highest BCUT2D eigenvalue weighted by Crippen LogP contribution is 2.29. The SMILES string of the molecule is CN(C)C1CCN(c2ccc(Nc3cc4c(N5CCOCC5)nc(Nc5ccccn5)nc4cn3)nc2)CC1. The highest BCUT2D eigenvalue weighted by molar-refractivity contribution is 5.92.